The zero-order valence-corrected chi connectivity index (χ0v) is 11.9. The second kappa shape index (κ2) is 5.85. The first-order chi connectivity index (χ1) is 8.30. The Kier molecular flexibility index (Phi) is 4.71. The summed E-state index contributed by atoms with van der Waals surface area (Å²) in [6.45, 7) is 10.1. The van der Waals surface area contributed by atoms with Gasteiger partial charge in [0.25, 0.3) is 0 Å². The number of hydrogen-bond acceptors (Lipinski definition) is 2. The molecule has 18 heavy (non-hydrogen) atoms. The van der Waals surface area contributed by atoms with Gasteiger partial charge in [0.2, 0.25) is 0 Å². The van der Waals surface area contributed by atoms with Crippen LogP contribution in [0, 0.1) is 11.3 Å². The summed E-state index contributed by atoms with van der Waals surface area (Å²) in [4.78, 5) is 12.2. The molecule has 1 aromatic rings. The van der Waals surface area contributed by atoms with Gasteiger partial charge < -0.3 is 4.74 Å². The van der Waals surface area contributed by atoms with Gasteiger partial charge in [-0.3, -0.25) is 4.79 Å². The van der Waals surface area contributed by atoms with Crippen molar-refractivity contribution < 1.29 is 9.53 Å². The van der Waals surface area contributed by atoms with Crippen LogP contribution in [-0.4, -0.2) is 5.97 Å². The first kappa shape index (κ1) is 14.5. The third kappa shape index (κ3) is 4.36. The second-order valence-corrected chi connectivity index (χ2v) is 5.82. The van der Waals surface area contributed by atoms with E-state index in [0.29, 0.717) is 5.75 Å². The van der Waals surface area contributed by atoms with E-state index in [1.54, 1.807) is 12.1 Å². The molecule has 0 aliphatic rings. The van der Waals surface area contributed by atoms with E-state index in [1.807, 2.05) is 58.9 Å². The molecule has 0 bridgehead atoms. The zero-order chi connectivity index (χ0) is 13.8. The molecular weight excluding hydrogens is 224 g/mol. The Morgan fingerprint density at radius 3 is 2.17 bits per heavy atom. The van der Waals surface area contributed by atoms with Crippen LogP contribution in [-0.2, 0) is 4.79 Å². The van der Waals surface area contributed by atoms with Gasteiger partial charge in [-0.25, -0.2) is 0 Å². The molecule has 1 aromatic carbocycles. The van der Waals surface area contributed by atoms with Crippen LogP contribution in [0.3, 0.4) is 0 Å². The van der Waals surface area contributed by atoms with Gasteiger partial charge >= 0.3 is 5.97 Å². The van der Waals surface area contributed by atoms with Crippen molar-refractivity contribution in [2.75, 3.05) is 0 Å². The maximum absolute atomic E-state index is 12.2. The molecule has 0 fully saturated rings. The molecule has 0 aliphatic carbocycles. The van der Waals surface area contributed by atoms with Gasteiger partial charge in [0.15, 0.2) is 0 Å². The van der Waals surface area contributed by atoms with Crippen molar-refractivity contribution in [2.24, 2.45) is 11.3 Å². The van der Waals surface area contributed by atoms with Crippen LogP contribution in [0.25, 0.3) is 0 Å². The van der Waals surface area contributed by atoms with Crippen LogP contribution in [0.1, 0.15) is 34.6 Å². The molecule has 1 rings (SSSR count). The highest BCUT2D eigenvalue weighted by Crippen LogP contribution is 2.29. The molecule has 2 heteroatoms. The number of allylic oxidation sites excluding steroid dienone is 1. The van der Waals surface area contributed by atoms with Crippen LogP contribution >= 0.6 is 0 Å². The Labute approximate surface area is 110 Å². The fourth-order valence-corrected chi connectivity index (χ4v) is 1.67. The highest BCUT2D eigenvalue weighted by molar-refractivity contribution is 5.77. The molecule has 0 aliphatic heterocycles. The molecule has 1 unspecified atom stereocenters. The number of rotatable bonds is 3. The first-order valence-corrected chi connectivity index (χ1v) is 6.22. The largest absolute Gasteiger partial charge is 0.426 e. The number of esters is 1. The molecule has 0 radical (unpaired) electrons. The lowest BCUT2D eigenvalue weighted by Gasteiger charge is -2.26. The van der Waals surface area contributed by atoms with Crippen molar-refractivity contribution in [1.29, 1.82) is 0 Å². The molecule has 0 heterocycles. The summed E-state index contributed by atoms with van der Waals surface area (Å²) >= 11 is 0. The minimum Gasteiger partial charge on any atom is -0.426 e. The van der Waals surface area contributed by atoms with Crippen molar-refractivity contribution in [3.63, 3.8) is 0 Å². The number of carbonyl (C=O) groups excluding carboxylic acids is 1. The van der Waals surface area contributed by atoms with Crippen LogP contribution in [0.2, 0.25) is 0 Å². The van der Waals surface area contributed by atoms with Crippen molar-refractivity contribution in [3.8, 4) is 5.75 Å². The van der Waals surface area contributed by atoms with Crippen molar-refractivity contribution in [2.45, 2.75) is 34.6 Å². The van der Waals surface area contributed by atoms with Gasteiger partial charge in [0.1, 0.15) is 5.75 Å². The number of benzene rings is 1. The molecule has 2 nitrogen and oxygen atoms in total. The Bertz CT molecular complexity index is 420. The fourth-order valence-electron chi connectivity index (χ4n) is 1.67. The third-order valence-corrected chi connectivity index (χ3v) is 2.65. The van der Waals surface area contributed by atoms with E-state index in [2.05, 4.69) is 0 Å². The summed E-state index contributed by atoms with van der Waals surface area (Å²) in [6.07, 6.45) is 1.98. The van der Waals surface area contributed by atoms with E-state index < -0.39 is 0 Å². The molecule has 0 N–H and O–H groups in total. The predicted molar refractivity (Wildman–Crippen MR) is 74.5 cm³/mol. The minimum absolute atomic E-state index is 0.150. The van der Waals surface area contributed by atoms with Crippen LogP contribution < -0.4 is 4.74 Å². The Hall–Kier alpha value is -1.57. The number of ether oxygens (including phenoxy) is 1. The van der Waals surface area contributed by atoms with Crippen molar-refractivity contribution in [3.05, 3.63) is 42.0 Å². The maximum Gasteiger partial charge on any atom is 0.318 e. The maximum atomic E-state index is 12.2. The monoisotopic (exact) mass is 246 g/mol. The van der Waals surface area contributed by atoms with Crippen molar-refractivity contribution >= 4 is 5.97 Å². The van der Waals surface area contributed by atoms with Gasteiger partial charge in [-0.15, -0.1) is 0 Å². The van der Waals surface area contributed by atoms with Gasteiger partial charge in [-0.1, -0.05) is 50.6 Å². The number of hydrogen-bond donors (Lipinski definition) is 0. The lowest BCUT2D eigenvalue weighted by Crippen LogP contribution is -2.30. The standard InChI is InChI=1S/C16H22O2/c1-12(2)11-14(16(3,4)5)15(17)18-13-9-7-6-8-10-13/h6-11,14H,1-5H3. The van der Waals surface area contributed by atoms with Gasteiger partial charge in [0.05, 0.1) is 5.92 Å². The average molecular weight is 246 g/mol. The molecule has 0 spiro atoms. The summed E-state index contributed by atoms with van der Waals surface area (Å²) < 4.78 is 5.42. The van der Waals surface area contributed by atoms with Crippen molar-refractivity contribution in [1.82, 2.24) is 0 Å². The van der Waals surface area contributed by atoms with Crippen LogP contribution in [0.4, 0.5) is 0 Å². The van der Waals surface area contributed by atoms with E-state index in [4.69, 9.17) is 4.74 Å². The summed E-state index contributed by atoms with van der Waals surface area (Å²) in [6, 6.07) is 9.19. The molecule has 0 aromatic heterocycles. The molecule has 0 amide bonds. The van der Waals surface area contributed by atoms with E-state index in [9.17, 15) is 4.79 Å². The van der Waals surface area contributed by atoms with Crippen LogP contribution in [0.5, 0.6) is 5.75 Å². The smallest absolute Gasteiger partial charge is 0.318 e. The summed E-state index contributed by atoms with van der Waals surface area (Å²) in [5.74, 6) is 0.163. The SMILES string of the molecule is CC(C)=CC(C(=O)Oc1ccccc1)C(C)(C)C. The summed E-state index contributed by atoms with van der Waals surface area (Å²) in [5.41, 5.74) is 0.975. The van der Waals surface area contributed by atoms with E-state index >= 15 is 0 Å². The highest BCUT2D eigenvalue weighted by Gasteiger charge is 2.30. The topological polar surface area (TPSA) is 26.3 Å². The zero-order valence-electron chi connectivity index (χ0n) is 11.9. The number of carbonyl (C=O) groups is 1. The molecule has 98 valence electrons. The number of para-hydroxylation sites is 1. The third-order valence-electron chi connectivity index (χ3n) is 2.65. The van der Waals surface area contributed by atoms with E-state index in [0.717, 1.165) is 5.57 Å². The first-order valence-electron chi connectivity index (χ1n) is 6.22. The lowest BCUT2D eigenvalue weighted by atomic mass is 9.80. The lowest BCUT2D eigenvalue weighted by molar-refractivity contribution is -0.140. The molecular formula is C16H22O2. The van der Waals surface area contributed by atoms with Crippen LogP contribution in [0.15, 0.2) is 42.0 Å². The van der Waals surface area contributed by atoms with Gasteiger partial charge in [-0.05, 0) is 31.4 Å². The fraction of sp³-hybridized carbons (Fsp3) is 0.438. The highest BCUT2D eigenvalue weighted by atomic mass is 16.5. The molecule has 1 atom stereocenters. The second-order valence-electron chi connectivity index (χ2n) is 5.82. The predicted octanol–water partition coefficient (Wildman–Crippen LogP) is 4.22. The Morgan fingerprint density at radius 1 is 1.17 bits per heavy atom. The molecule has 0 saturated heterocycles. The Morgan fingerprint density at radius 2 is 1.72 bits per heavy atom. The minimum atomic E-state index is -0.234. The average Bonchev–Trinajstić information content (AvgIpc) is 2.25. The summed E-state index contributed by atoms with van der Waals surface area (Å²) in [7, 11) is 0. The molecule has 0 saturated carbocycles. The summed E-state index contributed by atoms with van der Waals surface area (Å²) in [5, 5.41) is 0. The van der Waals surface area contributed by atoms with Gasteiger partial charge in [0, 0.05) is 0 Å². The normalized spacial score (nSPS) is 12.7. The van der Waals surface area contributed by atoms with Gasteiger partial charge in [-0.2, -0.15) is 0 Å². The van der Waals surface area contributed by atoms with E-state index in [1.165, 1.54) is 0 Å². The van der Waals surface area contributed by atoms with E-state index in [-0.39, 0.29) is 17.3 Å². The quantitative estimate of drug-likeness (QED) is 0.453. The Balaban J connectivity index is 2.88.